The van der Waals surface area contributed by atoms with Crippen LogP contribution >= 0.6 is 23.2 Å². The number of likely N-dealkylation sites (tertiary alicyclic amines) is 1. The Hall–Kier alpha value is -3.68. The molecule has 2 bridgehead atoms. The molecule has 0 aromatic heterocycles. The van der Waals surface area contributed by atoms with Crippen molar-refractivity contribution in [2.75, 3.05) is 6.54 Å². The Morgan fingerprint density at radius 1 is 0.694 bits per heavy atom. The molecule has 3 aromatic carbocycles. The molecule has 3 aliphatic carbocycles. The first-order valence-electron chi connectivity index (χ1n) is 11.4. The van der Waals surface area contributed by atoms with Gasteiger partial charge in [0, 0.05) is 5.56 Å². The van der Waals surface area contributed by atoms with Gasteiger partial charge in [0.05, 0.1) is 11.8 Å². The summed E-state index contributed by atoms with van der Waals surface area (Å²) in [6, 6.07) is 22.9. The minimum absolute atomic E-state index is 0.345. The zero-order chi connectivity index (χ0) is 25.2. The van der Waals surface area contributed by atoms with Crippen LogP contribution in [0.25, 0.3) is 0 Å². The summed E-state index contributed by atoms with van der Waals surface area (Å²) >= 11 is 14.7. The summed E-state index contributed by atoms with van der Waals surface area (Å²) in [7, 11) is 0. The molecule has 0 radical (unpaired) electrons. The van der Waals surface area contributed by atoms with E-state index in [0.717, 1.165) is 4.90 Å². The van der Waals surface area contributed by atoms with Crippen LogP contribution in [-0.2, 0) is 24.1 Å². The number of hydrogen-bond acceptors (Lipinski definition) is 4. The number of nitrogens with one attached hydrogen (secondary N) is 2. The fraction of sp³-hybridized carbons (Fsp3) is 0.185. The Kier molecular flexibility index (Phi) is 5.00. The molecule has 1 aliphatic heterocycles. The van der Waals surface area contributed by atoms with E-state index in [2.05, 4.69) is 10.9 Å². The van der Waals surface area contributed by atoms with Gasteiger partial charge < -0.3 is 0 Å². The molecule has 4 amide bonds. The average Bonchev–Trinajstić information content (AvgIpc) is 3.17. The van der Waals surface area contributed by atoms with Gasteiger partial charge in [-0.1, -0.05) is 66.7 Å². The SMILES string of the molecule is O=C(CN1C(=O)[C@@H]2[C@@H](C1=O)C1(Cl)c3ccccc3C2(Cl)c2ccccc21)NNC(=O)c1ccccc1. The van der Waals surface area contributed by atoms with E-state index in [1.54, 1.807) is 30.3 Å². The molecule has 36 heavy (non-hydrogen) atoms. The van der Waals surface area contributed by atoms with Crippen LogP contribution < -0.4 is 10.9 Å². The molecule has 2 N–H and O–H groups in total. The smallest absolute Gasteiger partial charge is 0.269 e. The Labute approximate surface area is 216 Å². The first-order chi connectivity index (χ1) is 17.3. The lowest BCUT2D eigenvalue weighted by Crippen LogP contribution is -2.57. The minimum atomic E-state index is -1.31. The van der Waals surface area contributed by atoms with E-state index in [1.165, 1.54) is 0 Å². The molecule has 1 fully saturated rings. The lowest BCUT2D eigenvalue weighted by molar-refractivity contribution is -0.143. The highest BCUT2D eigenvalue weighted by molar-refractivity contribution is 6.36. The number of benzene rings is 3. The Morgan fingerprint density at radius 2 is 1.11 bits per heavy atom. The molecule has 7 rings (SSSR count). The third-order valence-corrected chi connectivity index (χ3v) is 8.61. The molecule has 9 heteroatoms. The second-order valence-corrected chi connectivity index (χ2v) is 10.3. The van der Waals surface area contributed by atoms with Crippen LogP contribution in [0.2, 0.25) is 0 Å². The highest BCUT2D eigenvalue weighted by Gasteiger charge is 2.73. The van der Waals surface area contributed by atoms with Crippen molar-refractivity contribution in [3.8, 4) is 0 Å². The van der Waals surface area contributed by atoms with E-state index in [4.69, 9.17) is 23.2 Å². The molecular formula is C27H19Cl2N3O4. The number of alkyl halides is 2. The molecule has 0 spiro atoms. The van der Waals surface area contributed by atoms with Crippen LogP contribution in [0.5, 0.6) is 0 Å². The fourth-order valence-electron chi connectivity index (χ4n) is 5.85. The topological polar surface area (TPSA) is 95.6 Å². The third kappa shape index (κ3) is 2.87. The quantitative estimate of drug-likeness (QED) is 0.316. The second-order valence-electron chi connectivity index (χ2n) is 9.10. The minimum Gasteiger partial charge on any atom is -0.274 e. The fourth-order valence-corrected chi connectivity index (χ4v) is 6.95. The number of imide groups is 1. The molecule has 0 unspecified atom stereocenters. The highest BCUT2D eigenvalue weighted by atomic mass is 35.5. The normalized spacial score (nSPS) is 27.2. The van der Waals surface area contributed by atoms with E-state index in [9.17, 15) is 19.2 Å². The van der Waals surface area contributed by atoms with Gasteiger partial charge in [0.25, 0.3) is 11.8 Å². The van der Waals surface area contributed by atoms with Crippen molar-refractivity contribution in [1.29, 1.82) is 0 Å². The summed E-state index contributed by atoms with van der Waals surface area (Å²) in [4.78, 5) is 50.6. The highest BCUT2D eigenvalue weighted by Crippen LogP contribution is 2.69. The molecule has 7 nitrogen and oxygen atoms in total. The molecule has 180 valence electrons. The van der Waals surface area contributed by atoms with E-state index < -0.39 is 51.8 Å². The van der Waals surface area contributed by atoms with E-state index in [-0.39, 0.29) is 0 Å². The number of halogens is 2. The lowest BCUT2D eigenvalue weighted by atomic mass is 9.54. The third-order valence-electron chi connectivity index (χ3n) is 7.33. The van der Waals surface area contributed by atoms with Crippen molar-refractivity contribution >= 4 is 46.8 Å². The number of nitrogens with zero attached hydrogens (tertiary/aromatic N) is 1. The first-order valence-corrected chi connectivity index (χ1v) is 12.1. The van der Waals surface area contributed by atoms with Gasteiger partial charge >= 0.3 is 0 Å². The van der Waals surface area contributed by atoms with Crippen molar-refractivity contribution in [3.05, 3.63) is 107 Å². The van der Waals surface area contributed by atoms with Crippen molar-refractivity contribution < 1.29 is 19.2 Å². The van der Waals surface area contributed by atoms with Crippen LogP contribution in [0.4, 0.5) is 0 Å². The molecule has 1 saturated heterocycles. The van der Waals surface area contributed by atoms with Crippen LogP contribution in [0.15, 0.2) is 78.9 Å². The van der Waals surface area contributed by atoms with Gasteiger partial charge in [-0.2, -0.15) is 0 Å². The van der Waals surface area contributed by atoms with Gasteiger partial charge in [-0.15, -0.1) is 23.2 Å². The van der Waals surface area contributed by atoms with Crippen molar-refractivity contribution in [3.63, 3.8) is 0 Å². The monoisotopic (exact) mass is 519 g/mol. The van der Waals surface area contributed by atoms with E-state index >= 15 is 0 Å². The predicted molar refractivity (Wildman–Crippen MR) is 132 cm³/mol. The van der Waals surface area contributed by atoms with Gasteiger partial charge in [-0.05, 0) is 34.4 Å². The zero-order valence-electron chi connectivity index (χ0n) is 18.7. The molecular weight excluding hydrogens is 501 g/mol. The van der Waals surface area contributed by atoms with Crippen molar-refractivity contribution in [2.45, 2.75) is 9.75 Å². The number of amides is 4. The van der Waals surface area contributed by atoms with Gasteiger partial charge in [0.2, 0.25) is 11.8 Å². The maximum Gasteiger partial charge on any atom is 0.269 e. The van der Waals surface area contributed by atoms with E-state index in [1.807, 2.05) is 48.5 Å². The largest absolute Gasteiger partial charge is 0.274 e. The predicted octanol–water partition coefficient (Wildman–Crippen LogP) is 3.04. The number of rotatable bonds is 3. The second kappa shape index (κ2) is 7.91. The summed E-state index contributed by atoms with van der Waals surface area (Å²) in [5.41, 5.74) is 7.65. The molecule has 1 heterocycles. The Morgan fingerprint density at radius 3 is 1.56 bits per heavy atom. The van der Waals surface area contributed by atoms with Gasteiger partial charge in [-0.3, -0.25) is 34.9 Å². The average molecular weight is 520 g/mol. The number of carbonyl (C=O) groups excluding carboxylic acids is 4. The standard InChI is InChI=1S/C27H19Cl2N3O4/c28-26-16-10-4-5-11-17(16)27(29,19-13-7-6-12-18(19)26)22-21(26)24(35)32(25(22)36)14-20(33)30-31-23(34)15-8-2-1-3-9-15/h1-13,21-22H,14H2,(H,30,33)(H,31,34)/t21-,22-,26?,27?/m0/s1. The maximum atomic E-state index is 13.7. The molecule has 3 aromatic rings. The number of hydrogen-bond donors (Lipinski definition) is 2. The molecule has 4 aliphatic rings. The number of carbonyl (C=O) groups is 4. The van der Waals surface area contributed by atoms with Crippen LogP contribution in [0.3, 0.4) is 0 Å². The van der Waals surface area contributed by atoms with Gasteiger partial charge in [0.15, 0.2) is 0 Å². The van der Waals surface area contributed by atoms with Crippen molar-refractivity contribution in [2.24, 2.45) is 11.8 Å². The Balaban J connectivity index is 1.32. The van der Waals surface area contributed by atoms with Crippen LogP contribution in [-0.4, -0.2) is 35.1 Å². The maximum absolute atomic E-state index is 13.7. The van der Waals surface area contributed by atoms with Gasteiger partial charge in [-0.25, -0.2) is 0 Å². The van der Waals surface area contributed by atoms with E-state index in [0.29, 0.717) is 27.8 Å². The van der Waals surface area contributed by atoms with Gasteiger partial charge in [0.1, 0.15) is 16.3 Å². The molecule has 2 atom stereocenters. The van der Waals surface area contributed by atoms with Crippen LogP contribution in [0.1, 0.15) is 32.6 Å². The first kappa shape index (κ1) is 22.8. The summed E-state index contributed by atoms with van der Waals surface area (Å²) in [5.74, 6) is -4.37. The summed E-state index contributed by atoms with van der Waals surface area (Å²) in [6.07, 6.45) is 0. The number of hydrazine groups is 1. The van der Waals surface area contributed by atoms with Crippen molar-refractivity contribution in [1.82, 2.24) is 15.8 Å². The zero-order valence-corrected chi connectivity index (χ0v) is 20.2. The lowest BCUT2D eigenvalue weighted by Gasteiger charge is -2.54. The van der Waals surface area contributed by atoms with Crippen LogP contribution in [0, 0.1) is 11.8 Å². The summed E-state index contributed by atoms with van der Waals surface area (Å²) in [6.45, 7) is -0.577. The molecule has 0 saturated carbocycles. The summed E-state index contributed by atoms with van der Waals surface area (Å²) < 4.78 is 0. The summed E-state index contributed by atoms with van der Waals surface area (Å²) in [5, 5.41) is 0. The Bertz CT molecular complexity index is 1340.